The molecule has 0 spiro atoms. The molecular formula is C29H23ClN2O2. The van der Waals surface area contributed by atoms with Crippen molar-refractivity contribution in [3.63, 3.8) is 0 Å². The third-order valence-electron chi connectivity index (χ3n) is 6.18. The average molecular weight is 467 g/mol. The van der Waals surface area contributed by atoms with Crippen molar-refractivity contribution in [2.24, 2.45) is 0 Å². The minimum Gasteiger partial charge on any atom is -0.318 e. The molecule has 34 heavy (non-hydrogen) atoms. The summed E-state index contributed by atoms with van der Waals surface area (Å²) in [5.41, 5.74) is 7.31. The number of rotatable bonds is 3. The first-order valence-electron chi connectivity index (χ1n) is 11.1. The molecule has 0 aliphatic carbocycles. The number of anilines is 1. The lowest BCUT2D eigenvalue weighted by molar-refractivity contribution is -0.112. The van der Waals surface area contributed by atoms with Crippen molar-refractivity contribution in [2.75, 3.05) is 4.90 Å². The first-order valence-corrected chi connectivity index (χ1v) is 11.4. The van der Waals surface area contributed by atoms with Crippen molar-refractivity contribution in [3.05, 3.63) is 118 Å². The van der Waals surface area contributed by atoms with E-state index in [1.54, 1.807) is 30.3 Å². The van der Waals surface area contributed by atoms with Gasteiger partial charge >= 0.3 is 0 Å². The Morgan fingerprint density at radius 1 is 0.735 bits per heavy atom. The minimum atomic E-state index is -0.369. The Kier molecular flexibility index (Phi) is 5.46. The number of benzene rings is 3. The Morgan fingerprint density at radius 2 is 1.44 bits per heavy atom. The highest BCUT2D eigenvalue weighted by Gasteiger charge is 2.36. The van der Waals surface area contributed by atoms with Gasteiger partial charge in [-0.05, 0) is 86.0 Å². The number of imide groups is 1. The zero-order valence-electron chi connectivity index (χ0n) is 19.2. The molecule has 5 heteroatoms. The van der Waals surface area contributed by atoms with E-state index < -0.39 is 0 Å². The van der Waals surface area contributed by atoms with Gasteiger partial charge in [0.25, 0.3) is 11.8 Å². The monoisotopic (exact) mass is 466 g/mol. The fourth-order valence-electron chi connectivity index (χ4n) is 4.60. The highest BCUT2D eigenvalue weighted by atomic mass is 35.5. The maximum absolute atomic E-state index is 13.7. The van der Waals surface area contributed by atoms with Crippen LogP contribution in [0.4, 0.5) is 5.69 Å². The van der Waals surface area contributed by atoms with Crippen molar-refractivity contribution in [1.29, 1.82) is 0 Å². The molecule has 0 radical (unpaired) electrons. The molecule has 0 saturated heterocycles. The van der Waals surface area contributed by atoms with E-state index in [-0.39, 0.29) is 11.8 Å². The molecule has 0 N–H and O–H groups in total. The van der Waals surface area contributed by atoms with Crippen LogP contribution in [0.2, 0.25) is 5.02 Å². The van der Waals surface area contributed by atoms with Crippen LogP contribution in [0.3, 0.4) is 0 Å². The predicted molar refractivity (Wildman–Crippen MR) is 138 cm³/mol. The Hall–Kier alpha value is -3.89. The van der Waals surface area contributed by atoms with Crippen molar-refractivity contribution in [3.8, 4) is 5.69 Å². The lowest BCUT2D eigenvalue weighted by Gasteiger charge is -2.28. The normalized spacial score (nSPS) is 14.6. The molecule has 5 rings (SSSR count). The number of hydrogen-bond acceptors (Lipinski definition) is 2. The van der Waals surface area contributed by atoms with Crippen LogP contribution < -0.4 is 4.90 Å². The van der Waals surface area contributed by atoms with Gasteiger partial charge in [0.15, 0.2) is 0 Å². The largest absolute Gasteiger partial charge is 0.318 e. The van der Waals surface area contributed by atoms with Gasteiger partial charge in [0.2, 0.25) is 0 Å². The molecule has 1 aliphatic heterocycles. The Labute approximate surface area is 203 Å². The van der Waals surface area contributed by atoms with E-state index in [2.05, 4.69) is 42.7 Å². The molecule has 4 aromatic rings. The first-order chi connectivity index (χ1) is 16.3. The second kappa shape index (κ2) is 8.47. The zero-order chi connectivity index (χ0) is 24.0. The summed E-state index contributed by atoms with van der Waals surface area (Å²) in [6.45, 7) is 6.16. The van der Waals surface area contributed by atoms with E-state index in [4.69, 9.17) is 11.6 Å². The molecule has 0 fully saturated rings. The number of aromatic nitrogens is 1. The van der Waals surface area contributed by atoms with Gasteiger partial charge in [0.1, 0.15) is 0 Å². The predicted octanol–water partition coefficient (Wildman–Crippen LogP) is 6.78. The fourth-order valence-corrected chi connectivity index (χ4v) is 4.78. The van der Waals surface area contributed by atoms with Crippen LogP contribution in [-0.2, 0) is 4.79 Å². The smallest absolute Gasteiger partial charge is 0.265 e. The summed E-state index contributed by atoms with van der Waals surface area (Å²) < 4.78 is 2.18. The van der Waals surface area contributed by atoms with E-state index in [1.807, 2.05) is 37.3 Å². The SMILES string of the molecule is Cc1cccc(-n2c(C)cc(/C=C3/C(=O)N(c4cccc(Cl)c4)C(=O)c4ccccc43)c2C)c1. The van der Waals surface area contributed by atoms with Crippen LogP contribution in [-0.4, -0.2) is 16.4 Å². The molecule has 0 unspecified atom stereocenters. The lowest BCUT2D eigenvalue weighted by atomic mass is 9.91. The van der Waals surface area contributed by atoms with Gasteiger partial charge in [0.05, 0.1) is 5.69 Å². The van der Waals surface area contributed by atoms with Crippen molar-refractivity contribution in [2.45, 2.75) is 20.8 Å². The molecule has 1 aromatic heterocycles. The molecular weight excluding hydrogens is 444 g/mol. The van der Waals surface area contributed by atoms with Gasteiger partial charge in [-0.15, -0.1) is 0 Å². The van der Waals surface area contributed by atoms with E-state index in [1.165, 1.54) is 10.5 Å². The van der Waals surface area contributed by atoms with Gasteiger partial charge in [-0.2, -0.15) is 0 Å². The molecule has 2 heterocycles. The maximum Gasteiger partial charge on any atom is 0.265 e. The number of aryl methyl sites for hydroxylation is 2. The van der Waals surface area contributed by atoms with Crippen molar-refractivity contribution in [1.82, 2.24) is 4.57 Å². The first kappa shape index (κ1) is 21.9. The number of nitrogens with zero attached hydrogens (tertiary/aromatic N) is 2. The molecule has 2 amide bonds. The van der Waals surface area contributed by atoms with Crippen LogP contribution in [0.15, 0.2) is 78.9 Å². The number of hydrogen-bond donors (Lipinski definition) is 0. The molecule has 0 bridgehead atoms. The summed E-state index contributed by atoms with van der Waals surface area (Å²) >= 11 is 6.17. The quantitative estimate of drug-likeness (QED) is 0.246. The van der Waals surface area contributed by atoms with E-state index >= 15 is 0 Å². The number of halogens is 1. The Morgan fingerprint density at radius 3 is 2.18 bits per heavy atom. The van der Waals surface area contributed by atoms with Crippen LogP contribution in [0.5, 0.6) is 0 Å². The number of carbonyl (C=O) groups is 2. The van der Waals surface area contributed by atoms with Gasteiger partial charge in [-0.1, -0.05) is 48.0 Å². The standard InChI is InChI=1S/C29H23ClN2O2/c1-18-8-6-10-23(14-18)31-19(2)15-21(20(31)3)16-27-25-12-4-5-13-26(25)28(33)32(29(27)34)24-11-7-9-22(30)17-24/h4-17H,1-3H3/b27-16+. The minimum absolute atomic E-state index is 0.356. The van der Waals surface area contributed by atoms with Crippen LogP contribution in [0.25, 0.3) is 17.3 Å². The molecule has 168 valence electrons. The molecule has 0 saturated carbocycles. The van der Waals surface area contributed by atoms with Gasteiger partial charge in [-0.3, -0.25) is 9.59 Å². The zero-order valence-corrected chi connectivity index (χ0v) is 19.9. The third kappa shape index (κ3) is 3.66. The summed E-state index contributed by atoms with van der Waals surface area (Å²) in [5, 5.41) is 0.462. The van der Waals surface area contributed by atoms with E-state index in [0.717, 1.165) is 22.6 Å². The van der Waals surface area contributed by atoms with Crippen molar-refractivity contribution < 1.29 is 9.59 Å². The number of carbonyl (C=O) groups excluding carboxylic acids is 2. The molecule has 4 nitrogen and oxygen atoms in total. The third-order valence-corrected chi connectivity index (χ3v) is 6.42. The second-order valence-electron chi connectivity index (χ2n) is 8.53. The lowest BCUT2D eigenvalue weighted by Crippen LogP contribution is -2.41. The van der Waals surface area contributed by atoms with Gasteiger partial charge in [-0.25, -0.2) is 4.90 Å². The summed E-state index contributed by atoms with van der Waals surface area (Å²) in [5.74, 6) is -0.725. The van der Waals surface area contributed by atoms with E-state index in [9.17, 15) is 9.59 Å². The Balaban J connectivity index is 1.68. The highest BCUT2D eigenvalue weighted by Crippen LogP contribution is 2.35. The number of amides is 2. The van der Waals surface area contributed by atoms with Crippen LogP contribution in [0, 0.1) is 20.8 Å². The summed E-state index contributed by atoms with van der Waals surface area (Å²) in [6, 6.07) is 24.4. The Bertz CT molecular complexity index is 1500. The van der Waals surface area contributed by atoms with Crippen LogP contribution in [0.1, 0.15) is 38.4 Å². The van der Waals surface area contributed by atoms with Crippen LogP contribution >= 0.6 is 11.6 Å². The number of fused-ring (bicyclic) bond motifs is 1. The second-order valence-corrected chi connectivity index (χ2v) is 8.97. The maximum atomic E-state index is 13.7. The summed E-state index contributed by atoms with van der Waals surface area (Å²) in [7, 11) is 0. The highest BCUT2D eigenvalue weighted by molar-refractivity contribution is 6.43. The fraction of sp³-hybridized carbons (Fsp3) is 0.103. The van der Waals surface area contributed by atoms with Crippen molar-refractivity contribution >= 4 is 40.8 Å². The molecule has 1 aliphatic rings. The topological polar surface area (TPSA) is 42.3 Å². The molecule has 3 aromatic carbocycles. The van der Waals surface area contributed by atoms with E-state index in [0.29, 0.717) is 27.4 Å². The molecule has 0 atom stereocenters. The average Bonchev–Trinajstić information content (AvgIpc) is 3.09. The van der Waals surface area contributed by atoms with Gasteiger partial charge < -0.3 is 4.57 Å². The summed E-state index contributed by atoms with van der Waals surface area (Å²) in [6.07, 6.45) is 1.89. The summed E-state index contributed by atoms with van der Waals surface area (Å²) in [4.78, 5) is 28.2. The van der Waals surface area contributed by atoms with Gasteiger partial charge in [0, 0.05) is 33.2 Å².